The third-order valence-electron chi connectivity index (χ3n) is 4.68. The minimum atomic E-state index is 0.110. The quantitative estimate of drug-likeness (QED) is 0.443. The van der Waals surface area contributed by atoms with Crippen molar-refractivity contribution in [1.29, 1.82) is 0 Å². The fourth-order valence-electron chi connectivity index (χ4n) is 3.29. The molecule has 0 amide bonds. The van der Waals surface area contributed by atoms with Crippen LogP contribution >= 0.6 is 11.3 Å². The standard InChI is InChI=1S/C24H21NOS/c1-18-12-13-23-21(14-18)24(26)22(17-27-23)25(15-19-8-4-2-5-9-19)16-20-10-6-3-7-11-20/h2-14,17H,15-16H2,1H3. The van der Waals surface area contributed by atoms with Crippen LogP contribution in [0.2, 0.25) is 0 Å². The van der Waals surface area contributed by atoms with Crippen molar-refractivity contribution in [2.75, 3.05) is 4.90 Å². The molecule has 0 saturated heterocycles. The third kappa shape index (κ3) is 3.93. The van der Waals surface area contributed by atoms with Crippen molar-refractivity contribution in [3.05, 3.63) is 111 Å². The van der Waals surface area contributed by atoms with Crippen molar-refractivity contribution in [2.24, 2.45) is 0 Å². The summed E-state index contributed by atoms with van der Waals surface area (Å²) in [7, 11) is 0. The molecule has 27 heavy (non-hydrogen) atoms. The first kappa shape index (κ1) is 17.5. The average molecular weight is 372 g/mol. The minimum absolute atomic E-state index is 0.110. The van der Waals surface area contributed by atoms with E-state index < -0.39 is 0 Å². The van der Waals surface area contributed by atoms with E-state index in [-0.39, 0.29) is 5.43 Å². The van der Waals surface area contributed by atoms with Crippen LogP contribution in [0.5, 0.6) is 0 Å². The van der Waals surface area contributed by atoms with Crippen LogP contribution in [-0.2, 0) is 13.1 Å². The van der Waals surface area contributed by atoms with E-state index in [0.29, 0.717) is 13.1 Å². The molecule has 4 rings (SSSR count). The zero-order chi connectivity index (χ0) is 18.6. The Morgan fingerprint density at radius 3 is 2.00 bits per heavy atom. The molecular weight excluding hydrogens is 350 g/mol. The van der Waals surface area contributed by atoms with Crippen LogP contribution in [0.1, 0.15) is 16.7 Å². The lowest BCUT2D eigenvalue weighted by molar-refractivity contribution is 0.799. The van der Waals surface area contributed by atoms with Gasteiger partial charge in [0, 0.05) is 28.6 Å². The number of fused-ring (bicyclic) bond motifs is 1. The highest BCUT2D eigenvalue weighted by atomic mass is 32.1. The second-order valence-electron chi connectivity index (χ2n) is 6.78. The minimum Gasteiger partial charge on any atom is -0.359 e. The highest BCUT2D eigenvalue weighted by molar-refractivity contribution is 7.16. The smallest absolute Gasteiger partial charge is 0.211 e. The molecule has 0 N–H and O–H groups in total. The molecule has 134 valence electrons. The number of aryl methyl sites for hydroxylation is 1. The summed E-state index contributed by atoms with van der Waals surface area (Å²) in [6.07, 6.45) is 0. The van der Waals surface area contributed by atoms with Crippen molar-refractivity contribution in [1.82, 2.24) is 0 Å². The molecular formula is C24H21NOS. The number of rotatable bonds is 5. The maximum absolute atomic E-state index is 13.3. The van der Waals surface area contributed by atoms with Gasteiger partial charge < -0.3 is 4.90 Å². The summed E-state index contributed by atoms with van der Waals surface area (Å²) in [4.78, 5) is 15.5. The number of hydrogen-bond donors (Lipinski definition) is 0. The molecule has 0 aliphatic heterocycles. The number of anilines is 1. The van der Waals surface area contributed by atoms with E-state index in [9.17, 15) is 4.79 Å². The van der Waals surface area contributed by atoms with Gasteiger partial charge in [-0.15, -0.1) is 11.3 Å². The van der Waals surface area contributed by atoms with Gasteiger partial charge in [-0.25, -0.2) is 0 Å². The summed E-state index contributed by atoms with van der Waals surface area (Å²) in [5, 5.41) is 2.81. The average Bonchev–Trinajstić information content (AvgIpc) is 2.70. The van der Waals surface area contributed by atoms with Gasteiger partial charge in [-0.1, -0.05) is 72.3 Å². The van der Waals surface area contributed by atoms with Gasteiger partial charge in [-0.3, -0.25) is 4.79 Å². The highest BCUT2D eigenvalue weighted by Gasteiger charge is 2.14. The van der Waals surface area contributed by atoms with Gasteiger partial charge in [0.1, 0.15) is 0 Å². The van der Waals surface area contributed by atoms with E-state index in [0.717, 1.165) is 21.3 Å². The van der Waals surface area contributed by atoms with E-state index in [2.05, 4.69) is 35.2 Å². The second-order valence-corrected chi connectivity index (χ2v) is 7.69. The van der Waals surface area contributed by atoms with E-state index in [1.54, 1.807) is 11.3 Å². The molecule has 0 aliphatic carbocycles. The van der Waals surface area contributed by atoms with Gasteiger partial charge in [0.05, 0.1) is 5.69 Å². The van der Waals surface area contributed by atoms with Crippen LogP contribution in [0, 0.1) is 6.92 Å². The van der Waals surface area contributed by atoms with E-state index in [1.165, 1.54) is 11.1 Å². The topological polar surface area (TPSA) is 20.3 Å². The van der Waals surface area contributed by atoms with Crippen molar-refractivity contribution in [2.45, 2.75) is 20.0 Å². The van der Waals surface area contributed by atoms with Crippen LogP contribution in [0.3, 0.4) is 0 Å². The number of benzene rings is 3. The summed E-state index contributed by atoms with van der Waals surface area (Å²) in [6.45, 7) is 3.44. The molecule has 2 nitrogen and oxygen atoms in total. The Balaban J connectivity index is 1.78. The van der Waals surface area contributed by atoms with Gasteiger partial charge in [-0.2, -0.15) is 0 Å². The molecule has 3 heteroatoms. The Bertz CT molecular complexity index is 1060. The van der Waals surface area contributed by atoms with E-state index in [4.69, 9.17) is 0 Å². The first-order valence-electron chi connectivity index (χ1n) is 9.06. The molecule has 0 atom stereocenters. The largest absolute Gasteiger partial charge is 0.359 e. The maximum Gasteiger partial charge on any atom is 0.211 e. The Kier molecular flexibility index (Phi) is 5.03. The lowest BCUT2D eigenvalue weighted by Gasteiger charge is -2.24. The molecule has 1 aromatic heterocycles. The monoisotopic (exact) mass is 371 g/mol. The van der Waals surface area contributed by atoms with Gasteiger partial charge >= 0.3 is 0 Å². The van der Waals surface area contributed by atoms with E-state index >= 15 is 0 Å². The van der Waals surface area contributed by atoms with Gasteiger partial charge in [0.2, 0.25) is 5.43 Å². The van der Waals surface area contributed by atoms with Crippen molar-refractivity contribution in [3.63, 3.8) is 0 Å². The van der Waals surface area contributed by atoms with Crippen LogP contribution in [0.4, 0.5) is 5.69 Å². The predicted molar refractivity (Wildman–Crippen MR) is 116 cm³/mol. The Morgan fingerprint density at radius 2 is 1.41 bits per heavy atom. The summed E-state index contributed by atoms with van der Waals surface area (Å²) in [5.41, 5.74) is 4.39. The van der Waals surface area contributed by atoms with Crippen molar-refractivity contribution < 1.29 is 0 Å². The molecule has 0 radical (unpaired) electrons. The first-order chi connectivity index (χ1) is 13.2. The highest BCUT2D eigenvalue weighted by Crippen LogP contribution is 2.24. The molecule has 0 aliphatic rings. The van der Waals surface area contributed by atoms with Crippen LogP contribution in [0.15, 0.2) is 89.0 Å². The van der Waals surface area contributed by atoms with Gasteiger partial charge in [-0.05, 0) is 30.2 Å². The Labute approximate surface area is 163 Å². The molecule has 0 unspecified atom stereocenters. The van der Waals surface area contributed by atoms with Crippen molar-refractivity contribution in [3.8, 4) is 0 Å². The zero-order valence-corrected chi connectivity index (χ0v) is 16.1. The number of hydrogen-bond acceptors (Lipinski definition) is 3. The normalized spacial score (nSPS) is 10.9. The SMILES string of the molecule is Cc1ccc2scc(N(Cc3ccccc3)Cc3ccccc3)c(=O)c2c1. The van der Waals surface area contributed by atoms with Gasteiger partial charge in [0.25, 0.3) is 0 Å². The first-order valence-corrected chi connectivity index (χ1v) is 9.93. The number of nitrogens with zero attached hydrogens (tertiary/aromatic N) is 1. The molecule has 0 bridgehead atoms. The lowest BCUT2D eigenvalue weighted by Crippen LogP contribution is -2.27. The van der Waals surface area contributed by atoms with E-state index in [1.807, 2.05) is 60.8 Å². The molecule has 3 aromatic carbocycles. The van der Waals surface area contributed by atoms with Crippen LogP contribution in [-0.4, -0.2) is 0 Å². The fourth-order valence-corrected chi connectivity index (χ4v) is 4.21. The molecule has 1 heterocycles. The Hall–Kier alpha value is -2.91. The molecule has 0 saturated carbocycles. The predicted octanol–water partition coefficient (Wildman–Crippen LogP) is 5.78. The zero-order valence-electron chi connectivity index (χ0n) is 15.3. The molecule has 0 spiro atoms. The lowest BCUT2D eigenvalue weighted by atomic mass is 10.1. The third-order valence-corrected chi connectivity index (χ3v) is 5.63. The maximum atomic E-state index is 13.3. The second kappa shape index (κ2) is 7.77. The summed E-state index contributed by atoms with van der Waals surface area (Å²) < 4.78 is 1.04. The Morgan fingerprint density at radius 1 is 0.815 bits per heavy atom. The van der Waals surface area contributed by atoms with Crippen LogP contribution in [0.25, 0.3) is 10.1 Å². The molecule has 4 aromatic rings. The van der Waals surface area contributed by atoms with Crippen molar-refractivity contribution >= 4 is 27.1 Å². The summed E-state index contributed by atoms with van der Waals surface area (Å²) in [6, 6.07) is 26.7. The summed E-state index contributed by atoms with van der Waals surface area (Å²) >= 11 is 1.63. The summed E-state index contributed by atoms with van der Waals surface area (Å²) in [5.74, 6) is 0. The van der Waals surface area contributed by atoms with Gasteiger partial charge in [0.15, 0.2) is 0 Å². The van der Waals surface area contributed by atoms with Crippen LogP contribution < -0.4 is 10.3 Å². The molecule has 0 fully saturated rings. The fraction of sp³-hybridized carbons (Fsp3) is 0.125.